The van der Waals surface area contributed by atoms with E-state index in [1.54, 1.807) is 24.3 Å². The van der Waals surface area contributed by atoms with Gasteiger partial charge < -0.3 is 24.4 Å². The molecule has 0 unspecified atom stereocenters. The van der Waals surface area contributed by atoms with Gasteiger partial charge in [0.25, 0.3) is 0 Å². The van der Waals surface area contributed by atoms with E-state index in [0.29, 0.717) is 23.8 Å². The molecule has 0 spiro atoms. The van der Waals surface area contributed by atoms with Crippen LogP contribution in [0.25, 0.3) is 10.8 Å². The van der Waals surface area contributed by atoms with Crippen molar-refractivity contribution in [2.24, 2.45) is 0 Å². The SMILES string of the molecule is N#CC1(NC(=O)[C@@H]2C[C@@H](S(=O)(=O)c3ccc(OCC(F)(F)F)cc3Cl)CN2C(=O)C2(c3cccc4ccccc34)OC=CO2)CC1. The first-order valence-corrected chi connectivity index (χ1v) is 16.0. The summed E-state index contributed by atoms with van der Waals surface area (Å²) in [5.74, 6) is -3.98. The molecule has 6 rings (SSSR count). The van der Waals surface area contributed by atoms with Gasteiger partial charge in [-0.1, -0.05) is 48.0 Å². The average Bonchev–Trinajstić information content (AvgIpc) is 3.39. The Hall–Kier alpha value is -4.48. The van der Waals surface area contributed by atoms with Gasteiger partial charge in [-0.15, -0.1) is 0 Å². The first-order chi connectivity index (χ1) is 21.8. The van der Waals surface area contributed by atoms with Crippen LogP contribution in [-0.4, -0.2) is 61.3 Å². The molecule has 2 fully saturated rings. The van der Waals surface area contributed by atoms with Crippen LogP contribution in [0.3, 0.4) is 0 Å². The van der Waals surface area contributed by atoms with Gasteiger partial charge in [-0.25, -0.2) is 8.42 Å². The number of nitrogens with zero attached hydrogens (tertiary/aromatic N) is 2. The predicted molar refractivity (Wildman–Crippen MR) is 157 cm³/mol. The fourth-order valence-electron chi connectivity index (χ4n) is 5.67. The van der Waals surface area contributed by atoms with Gasteiger partial charge in [-0.2, -0.15) is 18.4 Å². The maximum absolute atomic E-state index is 14.5. The molecule has 3 aliphatic rings. The molecule has 10 nitrogen and oxygen atoms in total. The molecular formula is C31H25ClF3N3O7S. The normalized spacial score (nSPS) is 21.2. The minimum Gasteiger partial charge on any atom is -0.484 e. The van der Waals surface area contributed by atoms with Gasteiger partial charge in [0, 0.05) is 12.6 Å². The standard InChI is InChI=1S/C31H25ClF3N3O7S/c32-24-14-20(43-18-30(33,34)35)8-9-26(24)46(41,42)21-15-25(27(39)37-29(17-36)10-11-29)38(16-21)28(40)31(44-12-13-45-31)23-7-3-5-19-4-1-2-6-22(19)23/h1-9,12-14,21,25H,10-11,15-16,18H2,(H,37,39)/t21-,25+/m1/s1. The highest BCUT2D eigenvalue weighted by Gasteiger charge is 2.57. The molecule has 1 saturated heterocycles. The lowest BCUT2D eigenvalue weighted by Gasteiger charge is -2.34. The number of carbonyl (C=O) groups excluding carboxylic acids is 2. The van der Waals surface area contributed by atoms with Crippen LogP contribution in [0.4, 0.5) is 13.2 Å². The van der Waals surface area contributed by atoms with Crippen LogP contribution in [0.1, 0.15) is 24.8 Å². The molecule has 1 N–H and O–H groups in total. The summed E-state index contributed by atoms with van der Waals surface area (Å²) in [6.07, 6.45) is -1.85. The highest BCUT2D eigenvalue weighted by Crippen LogP contribution is 2.42. The van der Waals surface area contributed by atoms with E-state index in [4.69, 9.17) is 21.1 Å². The average molecular weight is 676 g/mol. The number of rotatable bonds is 8. The van der Waals surface area contributed by atoms with E-state index in [1.807, 2.05) is 24.3 Å². The van der Waals surface area contributed by atoms with E-state index in [9.17, 15) is 36.4 Å². The van der Waals surface area contributed by atoms with E-state index in [0.717, 1.165) is 28.5 Å². The summed E-state index contributed by atoms with van der Waals surface area (Å²) in [7, 11) is -4.38. The van der Waals surface area contributed by atoms with Crippen molar-refractivity contribution in [2.45, 2.75) is 53.0 Å². The van der Waals surface area contributed by atoms with Crippen molar-refractivity contribution < 1.29 is 45.4 Å². The minimum absolute atomic E-state index is 0.298. The van der Waals surface area contributed by atoms with E-state index < -0.39 is 73.5 Å². The van der Waals surface area contributed by atoms with E-state index in [-0.39, 0.29) is 12.2 Å². The molecule has 0 radical (unpaired) electrons. The van der Waals surface area contributed by atoms with Crippen molar-refractivity contribution in [3.63, 3.8) is 0 Å². The highest BCUT2D eigenvalue weighted by atomic mass is 35.5. The fraction of sp³-hybridized carbons (Fsp3) is 0.323. The number of likely N-dealkylation sites (tertiary alicyclic amines) is 1. The number of fused-ring (bicyclic) bond motifs is 1. The van der Waals surface area contributed by atoms with E-state index in [1.165, 1.54) is 12.5 Å². The number of carbonyl (C=O) groups is 2. The summed E-state index contributed by atoms with van der Waals surface area (Å²) in [6.45, 7) is -2.09. The maximum Gasteiger partial charge on any atom is 0.422 e. The third kappa shape index (κ3) is 5.69. The zero-order valence-electron chi connectivity index (χ0n) is 23.8. The summed E-state index contributed by atoms with van der Waals surface area (Å²) in [5, 5.41) is 11.8. The third-order valence-corrected chi connectivity index (χ3v) is 10.8. The Labute approximate surface area is 266 Å². The second kappa shape index (κ2) is 11.4. The summed E-state index contributed by atoms with van der Waals surface area (Å²) >= 11 is 6.23. The molecule has 46 heavy (non-hydrogen) atoms. The number of hydrogen-bond acceptors (Lipinski definition) is 8. The fourth-order valence-corrected chi connectivity index (χ4v) is 7.90. The number of nitrogens with one attached hydrogen (secondary N) is 1. The number of hydrogen-bond donors (Lipinski definition) is 1. The monoisotopic (exact) mass is 675 g/mol. The molecule has 0 aromatic heterocycles. The van der Waals surface area contributed by atoms with Gasteiger partial charge in [0.15, 0.2) is 16.4 Å². The lowest BCUT2D eigenvalue weighted by molar-refractivity contribution is -0.192. The molecule has 1 saturated carbocycles. The summed E-state index contributed by atoms with van der Waals surface area (Å²) < 4.78 is 82.0. The van der Waals surface area contributed by atoms with Crippen LogP contribution in [0.2, 0.25) is 5.02 Å². The van der Waals surface area contributed by atoms with Gasteiger partial charge >= 0.3 is 17.9 Å². The van der Waals surface area contributed by atoms with Crippen LogP contribution >= 0.6 is 11.6 Å². The van der Waals surface area contributed by atoms with Gasteiger partial charge in [-0.3, -0.25) is 9.59 Å². The largest absolute Gasteiger partial charge is 0.484 e. The second-order valence-corrected chi connectivity index (χ2v) is 13.8. The summed E-state index contributed by atoms with van der Waals surface area (Å²) in [6, 6.07) is 16.0. The van der Waals surface area contributed by atoms with Gasteiger partial charge in [-0.05, 0) is 48.2 Å². The third-order valence-electron chi connectivity index (χ3n) is 8.15. The van der Waals surface area contributed by atoms with Crippen molar-refractivity contribution in [2.75, 3.05) is 13.2 Å². The van der Waals surface area contributed by atoms with Crippen LogP contribution in [0.15, 0.2) is 78.1 Å². The molecule has 2 heterocycles. The summed E-state index contributed by atoms with van der Waals surface area (Å²) in [4.78, 5) is 28.8. The molecule has 3 aromatic rings. The lowest BCUT2D eigenvalue weighted by atomic mass is 9.96. The Kier molecular flexibility index (Phi) is 7.80. The zero-order chi connectivity index (χ0) is 32.9. The highest BCUT2D eigenvalue weighted by molar-refractivity contribution is 7.92. The topological polar surface area (TPSA) is 135 Å². The van der Waals surface area contributed by atoms with E-state index in [2.05, 4.69) is 10.1 Å². The van der Waals surface area contributed by atoms with Crippen LogP contribution in [-0.2, 0) is 34.7 Å². The number of sulfone groups is 1. The Morgan fingerprint density at radius 1 is 1.09 bits per heavy atom. The molecule has 15 heteroatoms. The van der Waals surface area contributed by atoms with Crippen molar-refractivity contribution >= 4 is 44.0 Å². The molecule has 0 bridgehead atoms. The zero-order valence-corrected chi connectivity index (χ0v) is 25.4. The molecule has 240 valence electrons. The number of amides is 2. The second-order valence-electron chi connectivity index (χ2n) is 11.2. The van der Waals surface area contributed by atoms with Crippen molar-refractivity contribution in [3.8, 4) is 11.8 Å². The predicted octanol–water partition coefficient (Wildman–Crippen LogP) is 4.72. The molecule has 3 aromatic carbocycles. The Morgan fingerprint density at radius 3 is 2.43 bits per heavy atom. The van der Waals surface area contributed by atoms with E-state index >= 15 is 0 Å². The van der Waals surface area contributed by atoms with Crippen molar-refractivity contribution in [1.29, 1.82) is 5.26 Å². The number of benzene rings is 3. The molecule has 2 aliphatic heterocycles. The van der Waals surface area contributed by atoms with Gasteiger partial charge in [0.2, 0.25) is 5.91 Å². The van der Waals surface area contributed by atoms with Gasteiger partial charge in [0.05, 0.1) is 26.8 Å². The molecule has 2 amide bonds. The first kappa shape index (κ1) is 31.5. The lowest BCUT2D eigenvalue weighted by Crippen LogP contribution is -2.55. The Bertz CT molecular complexity index is 1890. The smallest absolute Gasteiger partial charge is 0.422 e. The molecular weight excluding hydrogens is 651 g/mol. The first-order valence-electron chi connectivity index (χ1n) is 14.0. The van der Waals surface area contributed by atoms with Crippen LogP contribution < -0.4 is 10.1 Å². The Morgan fingerprint density at radius 2 is 1.78 bits per heavy atom. The van der Waals surface area contributed by atoms with Crippen molar-refractivity contribution in [1.82, 2.24) is 10.2 Å². The number of ether oxygens (including phenoxy) is 3. The van der Waals surface area contributed by atoms with Crippen LogP contribution in [0.5, 0.6) is 5.75 Å². The van der Waals surface area contributed by atoms with Gasteiger partial charge in [0.1, 0.15) is 29.9 Å². The number of alkyl halides is 3. The van der Waals surface area contributed by atoms with Crippen molar-refractivity contribution in [3.05, 3.63) is 83.8 Å². The van der Waals surface area contributed by atoms with Crippen LogP contribution in [0, 0.1) is 11.3 Å². The number of halogens is 4. The maximum atomic E-state index is 14.5. The minimum atomic E-state index is -4.62. The Balaban J connectivity index is 1.36. The summed E-state index contributed by atoms with van der Waals surface area (Å²) in [5.41, 5.74) is -0.799. The quantitative estimate of drug-likeness (QED) is 0.363. The number of nitriles is 1. The molecule has 2 atom stereocenters. The molecule has 1 aliphatic carbocycles.